The van der Waals surface area contributed by atoms with Crippen LogP contribution in [0.4, 0.5) is 5.69 Å². The maximum Gasteiger partial charge on any atom is 0.273 e. The van der Waals surface area contributed by atoms with Crippen LogP contribution in [-0.2, 0) is 16.1 Å². The summed E-state index contributed by atoms with van der Waals surface area (Å²) in [6.45, 7) is 3.40. The molecule has 132 valence electrons. The third kappa shape index (κ3) is 5.28. The van der Waals surface area contributed by atoms with Crippen molar-refractivity contribution in [1.82, 2.24) is 10.2 Å². The van der Waals surface area contributed by atoms with Gasteiger partial charge >= 0.3 is 0 Å². The van der Waals surface area contributed by atoms with Crippen LogP contribution in [-0.4, -0.2) is 49.1 Å². The number of likely N-dealkylation sites (tertiary alicyclic amines) is 1. The van der Waals surface area contributed by atoms with Crippen molar-refractivity contribution < 1.29 is 14.5 Å². The molecule has 1 aromatic rings. The van der Waals surface area contributed by atoms with E-state index in [0.29, 0.717) is 19.7 Å². The van der Waals surface area contributed by atoms with E-state index in [0.717, 1.165) is 37.9 Å². The number of methoxy groups -OCH3 is 1. The monoisotopic (exact) mass is 335 g/mol. The second kappa shape index (κ2) is 9.34. The Balaban J connectivity index is 1.79. The van der Waals surface area contributed by atoms with Gasteiger partial charge in [-0.2, -0.15) is 0 Å². The van der Waals surface area contributed by atoms with Crippen molar-refractivity contribution in [3.05, 3.63) is 39.9 Å². The van der Waals surface area contributed by atoms with E-state index >= 15 is 0 Å². The van der Waals surface area contributed by atoms with Crippen LogP contribution in [0.2, 0.25) is 0 Å². The fourth-order valence-electron chi connectivity index (χ4n) is 2.99. The van der Waals surface area contributed by atoms with Crippen molar-refractivity contribution in [2.24, 2.45) is 5.92 Å². The molecule has 0 atom stereocenters. The zero-order valence-electron chi connectivity index (χ0n) is 14.1. The average Bonchev–Trinajstić information content (AvgIpc) is 2.59. The van der Waals surface area contributed by atoms with Crippen LogP contribution in [0.5, 0.6) is 0 Å². The number of nitro groups is 1. The van der Waals surface area contributed by atoms with Gasteiger partial charge in [0.1, 0.15) is 0 Å². The number of benzene rings is 1. The molecule has 0 unspecified atom stereocenters. The Kier molecular flexibility index (Phi) is 7.14. The van der Waals surface area contributed by atoms with Crippen molar-refractivity contribution in [2.45, 2.75) is 25.8 Å². The first-order valence-corrected chi connectivity index (χ1v) is 8.33. The summed E-state index contributed by atoms with van der Waals surface area (Å²) in [7, 11) is 1.65. The number of carbonyl (C=O) groups excluding carboxylic acids is 1. The molecule has 1 aliphatic heterocycles. The summed E-state index contributed by atoms with van der Waals surface area (Å²) in [5, 5.41) is 14.0. The van der Waals surface area contributed by atoms with Crippen LogP contribution < -0.4 is 5.32 Å². The molecule has 7 nitrogen and oxygen atoms in total. The summed E-state index contributed by atoms with van der Waals surface area (Å²) in [5.41, 5.74) is 0.889. The van der Waals surface area contributed by atoms with Gasteiger partial charge in [-0.15, -0.1) is 0 Å². The molecule has 24 heavy (non-hydrogen) atoms. The first kappa shape index (κ1) is 18.4. The molecule has 1 amide bonds. The highest BCUT2D eigenvalue weighted by molar-refractivity contribution is 5.78. The summed E-state index contributed by atoms with van der Waals surface area (Å²) in [5.74, 6) is 0.144. The van der Waals surface area contributed by atoms with Gasteiger partial charge in [0.15, 0.2) is 0 Å². The van der Waals surface area contributed by atoms with Gasteiger partial charge < -0.3 is 10.1 Å². The lowest BCUT2D eigenvalue weighted by Gasteiger charge is -2.31. The van der Waals surface area contributed by atoms with Crippen molar-refractivity contribution in [3.8, 4) is 0 Å². The maximum absolute atomic E-state index is 12.1. The van der Waals surface area contributed by atoms with Crippen LogP contribution >= 0.6 is 0 Å². The van der Waals surface area contributed by atoms with Crippen LogP contribution in [0.15, 0.2) is 24.3 Å². The Morgan fingerprint density at radius 1 is 1.38 bits per heavy atom. The van der Waals surface area contributed by atoms with Gasteiger partial charge in [-0.25, -0.2) is 0 Å². The number of piperidine rings is 1. The van der Waals surface area contributed by atoms with E-state index in [9.17, 15) is 14.9 Å². The van der Waals surface area contributed by atoms with Crippen LogP contribution in [0, 0.1) is 16.0 Å². The minimum Gasteiger partial charge on any atom is -0.385 e. The molecule has 1 saturated heterocycles. The van der Waals surface area contributed by atoms with Crippen molar-refractivity contribution in [3.63, 3.8) is 0 Å². The molecule has 0 bridgehead atoms. The largest absolute Gasteiger partial charge is 0.385 e. The molecule has 0 aromatic heterocycles. The van der Waals surface area contributed by atoms with E-state index in [1.54, 1.807) is 19.2 Å². The number of hydrogen-bond donors (Lipinski definition) is 1. The second-order valence-electron chi connectivity index (χ2n) is 6.07. The van der Waals surface area contributed by atoms with E-state index in [1.807, 2.05) is 6.07 Å². The lowest BCUT2D eigenvalue weighted by atomic mass is 9.95. The fourth-order valence-corrected chi connectivity index (χ4v) is 2.99. The zero-order valence-corrected chi connectivity index (χ0v) is 14.1. The SMILES string of the molecule is COCCCNC(=O)C1CCN(Cc2ccccc2[N+](=O)[O-])CC1. The maximum atomic E-state index is 12.1. The van der Waals surface area contributed by atoms with Gasteiger partial charge in [-0.3, -0.25) is 19.8 Å². The summed E-state index contributed by atoms with van der Waals surface area (Å²) < 4.78 is 4.96. The number of carbonyl (C=O) groups is 1. The molecule has 0 aliphatic carbocycles. The quantitative estimate of drug-likeness (QED) is 0.446. The van der Waals surface area contributed by atoms with Gasteiger partial charge in [0.2, 0.25) is 5.91 Å². The Bertz CT molecular complexity index is 557. The molecule has 0 saturated carbocycles. The molecule has 2 rings (SSSR count). The molecule has 7 heteroatoms. The highest BCUT2D eigenvalue weighted by Crippen LogP contribution is 2.23. The standard InChI is InChI=1S/C17H25N3O4/c1-24-12-4-9-18-17(21)14-7-10-19(11-8-14)13-15-5-2-3-6-16(15)20(22)23/h2-3,5-6,14H,4,7-13H2,1H3,(H,18,21). The Hall–Kier alpha value is -1.99. The average molecular weight is 335 g/mol. The third-order valence-electron chi connectivity index (χ3n) is 4.37. The summed E-state index contributed by atoms with van der Waals surface area (Å²) in [4.78, 5) is 25.0. The Labute approximate surface area is 142 Å². The van der Waals surface area contributed by atoms with Crippen LogP contribution in [0.25, 0.3) is 0 Å². The molecule has 0 radical (unpaired) electrons. The van der Waals surface area contributed by atoms with Gasteiger partial charge in [-0.05, 0) is 32.4 Å². The number of para-hydroxylation sites is 1. The predicted molar refractivity (Wildman–Crippen MR) is 90.6 cm³/mol. The first-order valence-electron chi connectivity index (χ1n) is 8.33. The topological polar surface area (TPSA) is 84.7 Å². The molecular weight excluding hydrogens is 310 g/mol. The number of hydrogen-bond acceptors (Lipinski definition) is 5. The van der Waals surface area contributed by atoms with Crippen molar-refractivity contribution >= 4 is 11.6 Å². The van der Waals surface area contributed by atoms with E-state index < -0.39 is 0 Å². The van der Waals surface area contributed by atoms with E-state index in [4.69, 9.17) is 4.74 Å². The molecule has 1 N–H and O–H groups in total. The van der Waals surface area contributed by atoms with E-state index in [-0.39, 0.29) is 22.4 Å². The lowest BCUT2D eigenvalue weighted by molar-refractivity contribution is -0.385. The number of nitrogens with zero attached hydrogens (tertiary/aromatic N) is 2. The summed E-state index contributed by atoms with van der Waals surface area (Å²) in [6.07, 6.45) is 2.40. The summed E-state index contributed by atoms with van der Waals surface area (Å²) >= 11 is 0. The minimum atomic E-state index is -0.338. The zero-order chi connectivity index (χ0) is 17.4. The third-order valence-corrected chi connectivity index (χ3v) is 4.37. The van der Waals surface area contributed by atoms with Crippen molar-refractivity contribution in [2.75, 3.05) is 33.4 Å². The highest BCUT2D eigenvalue weighted by Gasteiger charge is 2.25. The molecule has 1 aromatic carbocycles. The number of rotatable bonds is 8. The number of nitrogens with one attached hydrogen (secondary N) is 1. The first-order chi connectivity index (χ1) is 11.6. The van der Waals surface area contributed by atoms with Gasteiger partial charge in [0.05, 0.1) is 4.92 Å². The molecule has 1 heterocycles. The second-order valence-corrected chi connectivity index (χ2v) is 6.07. The van der Waals surface area contributed by atoms with E-state index in [1.165, 1.54) is 6.07 Å². The summed E-state index contributed by atoms with van der Waals surface area (Å²) in [6, 6.07) is 6.84. The van der Waals surface area contributed by atoms with Gasteiger partial charge in [0, 0.05) is 44.4 Å². The molecule has 1 aliphatic rings. The predicted octanol–water partition coefficient (Wildman–Crippen LogP) is 1.96. The van der Waals surface area contributed by atoms with Crippen molar-refractivity contribution in [1.29, 1.82) is 0 Å². The highest BCUT2D eigenvalue weighted by atomic mass is 16.6. The Morgan fingerprint density at radius 2 is 2.08 bits per heavy atom. The number of amides is 1. The molecule has 0 spiro atoms. The molecular formula is C17H25N3O4. The lowest BCUT2D eigenvalue weighted by Crippen LogP contribution is -2.40. The normalized spacial score (nSPS) is 16.0. The minimum absolute atomic E-state index is 0.0366. The van der Waals surface area contributed by atoms with Crippen LogP contribution in [0.3, 0.4) is 0 Å². The molecule has 1 fully saturated rings. The fraction of sp³-hybridized carbons (Fsp3) is 0.588. The smallest absolute Gasteiger partial charge is 0.273 e. The number of ether oxygens (including phenoxy) is 1. The van der Waals surface area contributed by atoms with Crippen LogP contribution in [0.1, 0.15) is 24.8 Å². The van der Waals surface area contributed by atoms with E-state index in [2.05, 4.69) is 10.2 Å². The Morgan fingerprint density at radius 3 is 2.75 bits per heavy atom. The van der Waals surface area contributed by atoms with Gasteiger partial charge in [0.25, 0.3) is 5.69 Å². The van der Waals surface area contributed by atoms with Gasteiger partial charge in [-0.1, -0.05) is 18.2 Å². The number of nitro benzene ring substituents is 1.